The first-order valence-electron chi connectivity index (χ1n) is 11.5. The van der Waals surface area contributed by atoms with Crippen molar-refractivity contribution in [2.24, 2.45) is 11.1 Å². The quantitative estimate of drug-likeness (QED) is 0.443. The molecule has 188 valence electrons. The van der Waals surface area contributed by atoms with Gasteiger partial charge in [-0.15, -0.1) is 0 Å². The van der Waals surface area contributed by atoms with Crippen LogP contribution in [0.25, 0.3) is 0 Å². The van der Waals surface area contributed by atoms with E-state index in [9.17, 15) is 10.1 Å². The van der Waals surface area contributed by atoms with E-state index >= 15 is 8.78 Å². The fourth-order valence-electron chi connectivity index (χ4n) is 4.98. The van der Waals surface area contributed by atoms with Crippen LogP contribution in [-0.4, -0.2) is 31.1 Å². The maximum Gasteiger partial charge on any atom is 0.237 e. The summed E-state index contributed by atoms with van der Waals surface area (Å²) >= 11 is 12.1. The summed E-state index contributed by atoms with van der Waals surface area (Å²) in [6.45, 7) is 6.66. The van der Waals surface area contributed by atoms with Gasteiger partial charge in [0.05, 0.1) is 17.1 Å². The van der Waals surface area contributed by atoms with Crippen molar-refractivity contribution in [3.8, 4) is 6.07 Å². The second-order valence-corrected chi connectivity index (χ2v) is 11.0. The standard InChI is InChI=1S/C26H30Cl2F2N4O/c1-25(2,3)13-20-26(14-32,17-9-8-15(27)12-19(17)29)21(16-6-4-7-18(28)22(16)30)23(34-20)24(35)33-11-5-10-31/h4,6-9,12,20-21,23,34H,5,10-11,13,31H2,1-3H3,(H,33,35)/t20-,21-,23+,26-/m0/s1. The number of carbonyl (C=O) groups is 1. The molecule has 2 aromatic carbocycles. The van der Waals surface area contributed by atoms with Gasteiger partial charge in [-0.2, -0.15) is 5.26 Å². The number of nitriles is 1. The van der Waals surface area contributed by atoms with Crippen LogP contribution in [0.1, 0.15) is 50.7 Å². The fraction of sp³-hybridized carbons (Fsp3) is 0.462. The molecule has 0 unspecified atom stereocenters. The predicted molar refractivity (Wildman–Crippen MR) is 134 cm³/mol. The highest BCUT2D eigenvalue weighted by molar-refractivity contribution is 6.31. The lowest BCUT2D eigenvalue weighted by atomic mass is 9.62. The van der Waals surface area contributed by atoms with Crippen LogP contribution in [0.2, 0.25) is 10.0 Å². The van der Waals surface area contributed by atoms with E-state index < -0.39 is 41.0 Å². The molecule has 1 aliphatic heterocycles. The molecule has 1 fully saturated rings. The predicted octanol–water partition coefficient (Wildman–Crippen LogP) is 5.06. The Morgan fingerprint density at radius 3 is 2.57 bits per heavy atom. The number of halogens is 4. The Hall–Kier alpha value is -2.24. The van der Waals surface area contributed by atoms with E-state index in [1.807, 2.05) is 20.8 Å². The first-order chi connectivity index (χ1) is 16.5. The van der Waals surface area contributed by atoms with E-state index in [0.29, 0.717) is 25.9 Å². The Labute approximate surface area is 215 Å². The van der Waals surface area contributed by atoms with Crippen molar-refractivity contribution in [3.63, 3.8) is 0 Å². The van der Waals surface area contributed by atoms with Crippen LogP contribution in [-0.2, 0) is 10.2 Å². The zero-order valence-corrected chi connectivity index (χ0v) is 21.5. The van der Waals surface area contributed by atoms with Gasteiger partial charge in [-0.3, -0.25) is 4.79 Å². The van der Waals surface area contributed by atoms with Gasteiger partial charge < -0.3 is 16.4 Å². The van der Waals surface area contributed by atoms with Crippen LogP contribution < -0.4 is 16.4 Å². The normalized spacial score (nSPS) is 24.3. The molecule has 0 radical (unpaired) electrons. The van der Waals surface area contributed by atoms with Gasteiger partial charge in [0, 0.05) is 29.1 Å². The van der Waals surface area contributed by atoms with Gasteiger partial charge in [-0.25, -0.2) is 8.78 Å². The highest BCUT2D eigenvalue weighted by atomic mass is 35.5. The van der Waals surface area contributed by atoms with Crippen molar-refractivity contribution in [2.45, 2.75) is 57.0 Å². The smallest absolute Gasteiger partial charge is 0.237 e. The van der Waals surface area contributed by atoms with Crippen LogP contribution in [0.5, 0.6) is 0 Å². The molecule has 1 saturated heterocycles. The number of carbonyl (C=O) groups excluding carboxylic acids is 1. The monoisotopic (exact) mass is 522 g/mol. The van der Waals surface area contributed by atoms with Crippen LogP contribution in [0.3, 0.4) is 0 Å². The summed E-state index contributed by atoms with van der Waals surface area (Å²) in [5.41, 5.74) is 3.74. The Morgan fingerprint density at radius 2 is 1.97 bits per heavy atom. The Bertz CT molecular complexity index is 1130. The maximum absolute atomic E-state index is 15.5. The highest BCUT2D eigenvalue weighted by Gasteiger charge is 2.61. The van der Waals surface area contributed by atoms with Gasteiger partial charge >= 0.3 is 0 Å². The molecule has 0 bridgehead atoms. The molecule has 1 aliphatic rings. The summed E-state index contributed by atoms with van der Waals surface area (Å²) in [6, 6.07) is 9.12. The number of hydrogen-bond donors (Lipinski definition) is 3. The highest BCUT2D eigenvalue weighted by Crippen LogP contribution is 2.52. The Balaban J connectivity index is 2.30. The number of nitrogens with zero attached hydrogens (tertiary/aromatic N) is 1. The number of amides is 1. The molecule has 0 spiro atoms. The summed E-state index contributed by atoms with van der Waals surface area (Å²) in [5.74, 6) is -2.94. The molecule has 4 atom stereocenters. The second kappa shape index (κ2) is 10.8. The van der Waals surface area contributed by atoms with Crippen LogP contribution in [0, 0.1) is 28.4 Å². The minimum absolute atomic E-state index is 0.0489. The van der Waals surface area contributed by atoms with Crippen LogP contribution >= 0.6 is 23.2 Å². The molecule has 1 heterocycles. The Kier molecular flexibility index (Phi) is 8.44. The molecule has 0 aromatic heterocycles. The second-order valence-electron chi connectivity index (χ2n) is 10.1. The number of benzene rings is 2. The van der Waals surface area contributed by atoms with E-state index in [-0.39, 0.29) is 26.6 Å². The SMILES string of the molecule is CC(C)(C)C[C@@H]1N[C@@H](C(=O)NCCCN)[C@H](c2cccc(Cl)c2F)[C@@]1(C#N)c1ccc(Cl)cc1F. The zero-order valence-electron chi connectivity index (χ0n) is 20.0. The third-order valence-corrected chi connectivity index (χ3v) is 6.94. The minimum Gasteiger partial charge on any atom is -0.355 e. The van der Waals surface area contributed by atoms with Crippen LogP contribution in [0.4, 0.5) is 8.78 Å². The van der Waals surface area contributed by atoms with E-state index in [1.54, 1.807) is 6.07 Å². The van der Waals surface area contributed by atoms with Gasteiger partial charge in [0.25, 0.3) is 0 Å². The summed E-state index contributed by atoms with van der Waals surface area (Å²) in [5, 5.41) is 16.9. The number of nitrogens with two attached hydrogens (primary N) is 1. The first kappa shape index (κ1) is 27.3. The van der Waals surface area contributed by atoms with Gasteiger partial charge in [0.2, 0.25) is 5.91 Å². The maximum atomic E-state index is 15.5. The van der Waals surface area contributed by atoms with Crippen molar-refractivity contribution in [2.75, 3.05) is 13.1 Å². The lowest BCUT2D eigenvalue weighted by Crippen LogP contribution is -2.46. The molecule has 5 nitrogen and oxygen atoms in total. The molecule has 9 heteroatoms. The molecule has 4 N–H and O–H groups in total. The lowest BCUT2D eigenvalue weighted by molar-refractivity contribution is -0.123. The number of hydrogen-bond acceptors (Lipinski definition) is 4. The third kappa shape index (κ3) is 5.46. The molecule has 2 aromatic rings. The van der Waals surface area contributed by atoms with E-state index in [0.717, 1.165) is 6.07 Å². The summed E-state index contributed by atoms with van der Waals surface area (Å²) in [4.78, 5) is 13.4. The zero-order chi connectivity index (χ0) is 26.0. The Morgan fingerprint density at radius 1 is 1.26 bits per heavy atom. The molecule has 3 rings (SSSR count). The van der Waals surface area contributed by atoms with Gasteiger partial charge in [-0.05, 0) is 48.6 Å². The fourth-order valence-corrected chi connectivity index (χ4v) is 5.32. The average molecular weight is 523 g/mol. The molecule has 35 heavy (non-hydrogen) atoms. The number of nitrogens with one attached hydrogen (secondary N) is 2. The van der Waals surface area contributed by atoms with Crippen LogP contribution in [0.15, 0.2) is 36.4 Å². The first-order valence-corrected chi connectivity index (χ1v) is 12.3. The summed E-state index contributed by atoms with van der Waals surface area (Å²) in [6.07, 6.45) is 0.961. The van der Waals surface area contributed by atoms with Crippen molar-refractivity contribution in [1.29, 1.82) is 5.26 Å². The summed E-state index contributed by atoms with van der Waals surface area (Å²) < 4.78 is 31.0. The van der Waals surface area contributed by atoms with E-state index in [4.69, 9.17) is 28.9 Å². The van der Waals surface area contributed by atoms with Crippen molar-refractivity contribution >= 4 is 29.1 Å². The number of rotatable bonds is 7. The van der Waals surface area contributed by atoms with Gasteiger partial charge in [0.1, 0.15) is 17.0 Å². The van der Waals surface area contributed by atoms with Crippen molar-refractivity contribution in [1.82, 2.24) is 10.6 Å². The van der Waals surface area contributed by atoms with Crippen molar-refractivity contribution in [3.05, 3.63) is 69.2 Å². The average Bonchev–Trinajstić information content (AvgIpc) is 3.08. The topological polar surface area (TPSA) is 90.9 Å². The molecular formula is C26H30Cl2F2N4O. The largest absolute Gasteiger partial charge is 0.355 e. The molecule has 1 amide bonds. The molecule has 0 saturated carbocycles. The van der Waals surface area contributed by atoms with E-state index in [2.05, 4.69) is 16.7 Å². The van der Waals surface area contributed by atoms with Gasteiger partial charge in [0.15, 0.2) is 0 Å². The van der Waals surface area contributed by atoms with Crippen molar-refractivity contribution < 1.29 is 13.6 Å². The molecule has 0 aliphatic carbocycles. The minimum atomic E-state index is -1.64. The third-order valence-electron chi connectivity index (χ3n) is 6.41. The van der Waals surface area contributed by atoms with E-state index in [1.165, 1.54) is 24.3 Å². The lowest BCUT2D eigenvalue weighted by Gasteiger charge is -2.37. The molecular weight excluding hydrogens is 493 g/mol. The van der Waals surface area contributed by atoms with Gasteiger partial charge in [-0.1, -0.05) is 62.2 Å². The summed E-state index contributed by atoms with van der Waals surface area (Å²) in [7, 11) is 0.